The van der Waals surface area contributed by atoms with E-state index in [2.05, 4.69) is 17.9 Å². The Morgan fingerprint density at radius 2 is 2.00 bits per heavy atom. The van der Waals surface area contributed by atoms with Crippen molar-refractivity contribution in [3.63, 3.8) is 0 Å². The third kappa shape index (κ3) is 6.43. The molecule has 1 aliphatic heterocycles. The molecule has 1 saturated heterocycles. The monoisotopic (exact) mass is 339 g/mol. The molecule has 2 heterocycles. The molecule has 0 aliphatic carbocycles. The lowest BCUT2D eigenvalue weighted by molar-refractivity contribution is 0.0962. The summed E-state index contributed by atoms with van der Waals surface area (Å²) >= 11 is 3.60. The molecule has 0 radical (unpaired) electrons. The first-order chi connectivity index (χ1) is 10.8. The predicted octanol–water partition coefficient (Wildman–Crippen LogP) is 5.48. The summed E-state index contributed by atoms with van der Waals surface area (Å²) in [5.74, 6) is 1.51. The Kier molecular flexibility index (Phi) is 8.56. The number of hydrogen-bond acceptors (Lipinski definition) is 4. The second-order valence-electron chi connectivity index (χ2n) is 6.10. The van der Waals surface area contributed by atoms with Crippen molar-refractivity contribution in [2.24, 2.45) is 0 Å². The van der Waals surface area contributed by atoms with Crippen LogP contribution in [0.3, 0.4) is 0 Å². The molecule has 2 rings (SSSR count). The van der Waals surface area contributed by atoms with E-state index in [-0.39, 0.29) is 0 Å². The van der Waals surface area contributed by atoms with Crippen molar-refractivity contribution in [2.75, 3.05) is 25.4 Å². The topological polar surface area (TPSA) is 20.3 Å². The lowest BCUT2D eigenvalue weighted by Crippen LogP contribution is -2.31. The summed E-state index contributed by atoms with van der Waals surface area (Å²) < 4.78 is 1.30. The summed E-state index contributed by atoms with van der Waals surface area (Å²) in [5.41, 5.74) is 0. The van der Waals surface area contributed by atoms with Crippen LogP contribution in [0.5, 0.6) is 0 Å². The van der Waals surface area contributed by atoms with E-state index in [1.807, 2.05) is 17.8 Å². The Labute approximate surface area is 143 Å². The van der Waals surface area contributed by atoms with Crippen LogP contribution in [0.25, 0.3) is 0 Å². The minimum Gasteiger partial charge on any atom is -0.303 e. The second kappa shape index (κ2) is 10.5. The zero-order valence-electron chi connectivity index (χ0n) is 13.8. The quantitative estimate of drug-likeness (QED) is 0.320. The molecule has 1 aromatic rings. The molecule has 1 fully saturated rings. The number of hydrogen-bond donors (Lipinski definition) is 0. The fourth-order valence-electron chi connectivity index (χ4n) is 2.82. The molecule has 22 heavy (non-hydrogen) atoms. The maximum absolute atomic E-state index is 12.3. The van der Waals surface area contributed by atoms with Gasteiger partial charge in [-0.05, 0) is 50.2 Å². The molecule has 124 valence electrons. The number of Topliss-reactive ketones (excluding diaryl/α,β-unsaturated/α-hetero) is 1. The average molecular weight is 340 g/mol. The number of likely N-dealkylation sites (tertiary alicyclic amines) is 1. The number of thioether (sulfide) groups is 1. The molecular weight excluding hydrogens is 310 g/mol. The van der Waals surface area contributed by atoms with Gasteiger partial charge in [0, 0.05) is 13.0 Å². The number of nitrogens with zero attached hydrogens (tertiary/aromatic N) is 1. The number of carbonyl (C=O) groups excluding carboxylic acids is 1. The van der Waals surface area contributed by atoms with E-state index < -0.39 is 0 Å². The molecule has 0 N–H and O–H groups in total. The van der Waals surface area contributed by atoms with E-state index >= 15 is 0 Å². The molecule has 1 aliphatic rings. The third-order valence-electron chi connectivity index (χ3n) is 4.20. The fourth-order valence-corrected chi connectivity index (χ4v) is 4.99. The van der Waals surface area contributed by atoms with Crippen molar-refractivity contribution in [1.29, 1.82) is 0 Å². The van der Waals surface area contributed by atoms with E-state index in [9.17, 15) is 4.79 Å². The van der Waals surface area contributed by atoms with Crippen LogP contribution in [-0.2, 0) is 0 Å². The van der Waals surface area contributed by atoms with Crippen LogP contribution in [0.1, 0.15) is 68.0 Å². The Hall–Kier alpha value is -0.320. The van der Waals surface area contributed by atoms with Crippen LogP contribution in [0, 0.1) is 0 Å². The van der Waals surface area contributed by atoms with Crippen LogP contribution in [0.2, 0.25) is 0 Å². The number of carbonyl (C=O) groups is 1. The van der Waals surface area contributed by atoms with Crippen LogP contribution in [-0.4, -0.2) is 36.1 Å². The first kappa shape index (κ1) is 18.0. The lowest BCUT2D eigenvalue weighted by Gasteiger charge is -2.25. The SMILES string of the molecule is CCCCCCSc1ccc(C(=O)CCN2CCCCC2)s1. The van der Waals surface area contributed by atoms with Gasteiger partial charge in [-0.1, -0.05) is 32.6 Å². The van der Waals surface area contributed by atoms with Crippen molar-refractivity contribution < 1.29 is 4.79 Å². The normalized spacial score (nSPS) is 16.0. The number of piperidine rings is 1. The Morgan fingerprint density at radius 1 is 1.18 bits per heavy atom. The molecule has 0 aromatic carbocycles. The first-order valence-corrected chi connectivity index (χ1v) is 10.6. The molecular formula is C18H29NOS2. The van der Waals surface area contributed by atoms with E-state index in [0.29, 0.717) is 12.2 Å². The van der Waals surface area contributed by atoms with Crippen molar-refractivity contribution in [1.82, 2.24) is 4.90 Å². The summed E-state index contributed by atoms with van der Waals surface area (Å²) in [6.07, 6.45) is 9.88. The zero-order chi connectivity index (χ0) is 15.6. The molecule has 0 atom stereocenters. The number of thiophene rings is 1. The predicted molar refractivity (Wildman–Crippen MR) is 98.4 cm³/mol. The van der Waals surface area contributed by atoms with Gasteiger partial charge in [-0.15, -0.1) is 23.1 Å². The molecule has 2 nitrogen and oxygen atoms in total. The number of unbranched alkanes of at least 4 members (excludes halogenated alkanes) is 3. The standard InChI is InChI=1S/C18H29NOS2/c1-2-3-4-8-15-21-18-10-9-17(22-18)16(20)11-14-19-12-6-5-7-13-19/h9-10H,2-8,11-15H2,1H3. The second-order valence-corrected chi connectivity index (χ2v) is 8.58. The molecule has 0 bridgehead atoms. The summed E-state index contributed by atoms with van der Waals surface area (Å²) in [6, 6.07) is 4.15. The van der Waals surface area contributed by atoms with Gasteiger partial charge in [0.25, 0.3) is 0 Å². The Balaban J connectivity index is 1.67. The Bertz CT molecular complexity index is 438. The number of rotatable bonds is 10. The van der Waals surface area contributed by atoms with Crippen molar-refractivity contribution in [3.05, 3.63) is 17.0 Å². The molecule has 0 saturated carbocycles. The molecule has 0 amide bonds. The van der Waals surface area contributed by atoms with Gasteiger partial charge < -0.3 is 4.90 Å². The smallest absolute Gasteiger partial charge is 0.174 e. The van der Waals surface area contributed by atoms with Gasteiger partial charge in [0.1, 0.15) is 0 Å². The zero-order valence-corrected chi connectivity index (χ0v) is 15.4. The first-order valence-electron chi connectivity index (χ1n) is 8.78. The molecule has 4 heteroatoms. The maximum atomic E-state index is 12.3. The highest BCUT2D eigenvalue weighted by atomic mass is 32.2. The maximum Gasteiger partial charge on any atom is 0.174 e. The van der Waals surface area contributed by atoms with E-state index in [1.54, 1.807) is 11.3 Å². The van der Waals surface area contributed by atoms with E-state index in [1.165, 1.54) is 68.0 Å². The van der Waals surface area contributed by atoms with Gasteiger partial charge >= 0.3 is 0 Å². The molecule has 0 spiro atoms. The summed E-state index contributed by atoms with van der Waals surface area (Å²) in [6.45, 7) is 5.54. The van der Waals surface area contributed by atoms with Crippen molar-refractivity contribution in [3.8, 4) is 0 Å². The summed E-state index contributed by atoms with van der Waals surface area (Å²) in [7, 11) is 0. The average Bonchev–Trinajstić information content (AvgIpc) is 3.02. The lowest BCUT2D eigenvalue weighted by atomic mass is 10.1. The van der Waals surface area contributed by atoms with Crippen LogP contribution < -0.4 is 0 Å². The van der Waals surface area contributed by atoms with Crippen molar-refractivity contribution >= 4 is 28.9 Å². The van der Waals surface area contributed by atoms with Crippen LogP contribution >= 0.6 is 23.1 Å². The van der Waals surface area contributed by atoms with Gasteiger partial charge in [0.2, 0.25) is 0 Å². The van der Waals surface area contributed by atoms with Gasteiger partial charge in [-0.2, -0.15) is 0 Å². The van der Waals surface area contributed by atoms with Gasteiger partial charge in [0.05, 0.1) is 9.09 Å². The summed E-state index contributed by atoms with van der Waals surface area (Å²) in [4.78, 5) is 15.7. The highest BCUT2D eigenvalue weighted by molar-refractivity contribution is 8.01. The van der Waals surface area contributed by atoms with Crippen molar-refractivity contribution in [2.45, 2.75) is 62.5 Å². The minimum atomic E-state index is 0.327. The van der Waals surface area contributed by atoms with Gasteiger partial charge in [0.15, 0.2) is 5.78 Å². The van der Waals surface area contributed by atoms with E-state index in [0.717, 1.165) is 11.4 Å². The Morgan fingerprint density at radius 3 is 2.77 bits per heavy atom. The molecule has 0 unspecified atom stereocenters. The third-order valence-corrected chi connectivity index (χ3v) is 6.64. The fraction of sp³-hybridized carbons (Fsp3) is 0.722. The highest BCUT2D eigenvalue weighted by Gasteiger charge is 2.14. The summed E-state index contributed by atoms with van der Waals surface area (Å²) in [5, 5.41) is 0. The van der Waals surface area contributed by atoms with E-state index in [4.69, 9.17) is 0 Å². The highest BCUT2D eigenvalue weighted by Crippen LogP contribution is 2.29. The van der Waals surface area contributed by atoms with Gasteiger partial charge in [-0.25, -0.2) is 0 Å². The van der Waals surface area contributed by atoms with Crippen LogP contribution in [0.15, 0.2) is 16.3 Å². The van der Waals surface area contributed by atoms with Crippen LogP contribution in [0.4, 0.5) is 0 Å². The number of ketones is 1. The largest absolute Gasteiger partial charge is 0.303 e. The minimum absolute atomic E-state index is 0.327. The van der Waals surface area contributed by atoms with Gasteiger partial charge in [-0.3, -0.25) is 4.79 Å². The molecule has 1 aromatic heterocycles.